The number of nitrogens with zero attached hydrogens (tertiary/aromatic N) is 1. The normalized spacial score (nSPS) is 38.4. The molecule has 3 heteroatoms. The predicted molar refractivity (Wildman–Crippen MR) is 71.9 cm³/mol. The Morgan fingerprint density at radius 3 is 2.39 bits per heavy atom. The number of carbonyl (C=O) groups excluding carboxylic acids is 1. The van der Waals surface area contributed by atoms with Gasteiger partial charge < -0.3 is 10.6 Å². The molecule has 2 N–H and O–H groups in total. The Hall–Kier alpha value is -0.570. The van der Waals surface area contributed by atoms with Gasteiger partial charge in [-0.3, -0.25) is 4.79 Å². The van der Waals surface area contributed by atoms with Gasteiger partial charge in [0.1, 0.15) is 0 Å². The van der Waals surface area contributed by atoms with Gasteiger partial charge in [0.15, 0.2) is 0 Å². The smallest absolute Gasteiger partial charge is 0.227 e. The summed E-state index contributed by atoms with van der Waals surface area (Å²) in [4.78, 5) is 14.9. The van der Waals surface area contributed by atoms with Gasteiger partial charge in [-0.05, 0) is 63.7 Å². The van der Waals surface area contributed by atoms with Gasteiger partial charge in [0.05, 0.1) is 5.92 Å². The molecular weight excluding hydrogens is 224 g/mol. The highest BCUT2D eigenvalue weighted by Gasteiger charge is 2.50. The van der Waals surface area contributed by atoms with Crippen LogP contribution in [-0.4, -0.2) is 29.4 Å². The third-order valence-corrected chi connectivity index (χ3v) is 5.32. The molecule has 3 rings (SSSR count). The molecule has 2 bridgehead atoms. The molecule has 3 aliphatic carbocycles. The average Bonchev–Trinajstić information content (AvgIpc) is 2.93. The number of nitrogens with two attached hydrogens (primary N) is 1. The van der Waals surface area contributed by atoms with Crippen molar-refractivity contribution in [2.45, 2.75) is 58.0 Å². The largest absolute Gasteiger partial charge is 0.340 e. The quantitative estimate of drug-likeness (QED) is 0.829. The predicted octanol–water partition coefficient (Wildman–Crippen LogP) is 2.01. The van der Waals surface area contributed by atoms with E-state index in [-0.39, 0.29) is 12.0 Å². The molecule has 3 fully saturated rings. The number of amides is 1. The molecule has 18 heavy (non-hydrogen) atoms. The SMILES string of the molecule is CC(C)N(CC1CC1)C(=O)C1C2CCC(C2)C1N. The standard InChI is InChI=1S/C15H26N2O/c1-9(2)17(8-10-3-4-10)15(18)13-11-5-6-12(7-11)14(13)16/h9-14H,3-8,16H2,1-2H3. The minimum atomic E-state index is 0.130. The fraction of sp³-hybridized carbons (Fsp3) is 0.933. The maximum atomic E-state index is 12.8. The maximum absolute atomic E-state index is 12.8. The number of hydrogen-bond acceptors (Lipinski definition) is 2. The molecule has 0 aromatic heterocycles. The number of hydrogen-bond donors (Lipinski definition) is 1. The van der Waals surface area contributed by atoms with Gasteiger partial charge in [-0.25, -0.2) is 0 Å². The molecule has 4 unspecified atom stereocenters. The first kappa shape index (κ1) is 12.5. The second-order valence-electron chi connectivity index (χ2n) is 6.96. The van der Waals surface area contributed by atoms with Gasteiger partial charge in [-0.15, -0.1) is 0 Å². The fourth-order valence-corrected chi connectivity index (χ4v) is 4.03. The van der Waals surface area contributed by atoms with Crippen LogP contribution < -0.4 is 5.73 Å². The first-order valence-corrected chi connectivity index (χ1v) is 7.64. The molecule has 3 nitrogen and oxygen atoms in total. The highest BCUT2D eigenvalue weighted by Crippen LogP contribution is 2.48. The maximum Gasteiger partial charge on any atom is 0.227 e. The van der Waals surface area contributed by atoms with Crippen LogP contribution in [0.25, 0.3) is 0 Å². The van der Waals surface area contributed by atoms with Crippen LogP contribution in [0.2, 0.25) is 0 Å². The van der Waals surface area contributed by atoms with Crippen LogP contribution in [0.1, 0.15) is 46.0 Å². The van der Waals surface area contributed by atoms with Crippen molar-refractivity contribution >= 4 is 5.91 Å². The molecule has 3 aliphatic rings. The number of rotatable bonds is 4. The van der Waals surface area contributed by atoms with Crippen molar-refractivity contribution in [3.8, 4) is 0 Å². The van der Waals surface area contributed by atoms with Gasteiger partial charge >= 0.3 is 0 Å². The second-order valence-corrected chi connectivity index (χ2v) is 6.96. The zero-order chi connectivity index (χ0) is 12.9. The van der Waals surface area contributed by atoms with Crippen molar-refractivity contribution < 1.29 is 4.79 Å². The van der Waals surface area contributed by atoms with E-state index in [1.165, 1.54) is 32.1 Å². The van der Waals surface area contributed by atoms with Crippen molar-refractivity contribution in [1.29, 1.82) is 0 Å². The van der Waals surface area contributed by atoms with Gasteiger partial charge in [-0.2, -0.15) is 0 Å². The van der Waals surface area contributed by atoms with Gasteiger partial charge in [-0.1, -0.05) is 0 Å². The summed E-state index contributed by atoms with van der Waals surface area (Å²) in [5.74, 6) is 2.46. The summed E-state index contributed by atoms with van der Waals surface area (Å²) in [6.45, 7) is 5.25. The molecule has 0 saturated heterocycles. The van der Waals surface area contributed by atoms with Crippen molar-refractivity contribution in [3.05, 3.63) is 0 Å². The van der Waals surface area contributed by atoms with E-state index in [2.05, 4.69) is 18.7 Å². The van der Waals surface area contributed by atoms with Crippen molar-refractivity contribution in [1.82, 2.24) is 4.90 Å². The summed E-state index contributed by atoms with van der Waals surface area (Å²) in [6, 6.07) is 0.459. The fourth-order valence-electron chi connectivity index (χ4n) is 4.03. The molecule has 0 aliphatic heterocycles. The van der Waals surface area contributed by atoms with E-state index in [1.807, 2.05) is 0 Å². The first-order valence-electron chi connectivity index (χ1n) is 7.64. The Balaban J connectivity index is 1.71. The van der Waals surface area contributed by atoms with E-state index < -0.39 is 0 Å². The third kappa shape index (κ3) is 2.07. The van der Waals surface area contributed by atoms with Crippen LogP contribution in [0.15, 0.2) is 0 Å². The lowest BCUT2D eigenvalue weighted by molar-refractivity contribution is -0.139. The van der Waals surface area contributed by atoms with E-state index in [0.717, 1.165) is 12.5 Å². The lowest BCUT2D eigenvalue weighted by Gasteiger charge is -2.35. The van der Waals surface area contributed by atoms with E-state index in [9.17, 15) is 4.79 Å². The van der Waals surface area contributed by atoms with Gasteiger partial charge in [0.25, 0.3) is 0 Å². The van der Waals surface area contributed by atoms with Crippen LogP contribution in [0.4, 0.5) is 0 Å². The van der Waals surface area contributed by atoms with Crippen molar-refractivity contribution in [3.63, 3.8) is 0 Å². The lowest BCUT2D eigenvalue weighted by Crippen LogP contribution is -2.49. The summed E-state index contributed by atoms with van der Waals surface area (Å²) in [5, 5.41) is 0. The Kier molecular flexibility index (Phi) is 3.13. The molecule has 0 aromatic carbocycles. The molecule has 4 atom stereocenters. The average molecular weight is 250 g/mol. The molecule has 0 spiro atoms. The molecule has 0 radical (unpaired) electrons. The van der Waals surface area contributed by atoms with Crippen LogP contribution >= 0.6 is 0 Å². The molecule has 3 saturated carbocycles. The Labute approximate surface area is 110 Å². The molecule has 102 valence electrons. The highest BCUT2D eigenvalue weighted by atomic mass is 16.2. The van der Waals surface area contributed by atoms with Crippen molar-refractivity contribution in [2.75, 3.05) is 6.54 Å². The number of carbonyl (C=O) groups is 1. The highest BCUT2D eigenvalue weighted by molar-refractivity contribution is 5.81. The minimum Gasteiger partial charge on any atom is -0.340 e. The Morgan fingerprint density at radius 1 is 1.22 bits per heavy atom. The van der Waals surface area contributed by atoms with E-state index in [0.29, 0.717) is 23.8 Å². The van der Waals surface area contributed by atoms with Gasteiger partial charge in [0.2, 0.25) is 5.91 Å². The van der Waals surface area contributed by atoms with E-state index >= 15 is 0 Å². The summed E-state index contributed by atoms with van der Waals surface area (Å²) < 4.78 is 0. The van der Waals surface area contributed by atoms with Crippen LogP contribution in [0, 0.1) is 23.7 Å². The lowest BCUT2D eigenvalue weighted by atomic mass is 9.83. The first-order chi connectivity index (χ1) is 8.58. The summed E-state index contributed by atoms with van der Waals surface area (Å²) in [6.07, 6.45) is 6.29. The summed E-state index contributed by atoms with van der Waals surface area (Å²) >= 11 is 0. The zero-order valence-electron chi connectivity index (χ0n) is 11.6. The topological polar surface area (TPSA) is 46.3 Å². The monoisotopic (exact) mass is 250 g/mol. The number of fused-ring (bicyclic) bond motifs is 2. The third-order valence-electron chi connectivity index (χ3n) is 5.32. The molecular formula is C15H26N2O. The van der Waals surface area contributed by atoms with E-state index in [4.69, 9.17) is 5.73 Å². The Bertz CT molecular complexity index is 335. The van der Waals surface area contributed by atoms with Crippen LogP contribution in [0.3, 0.4) is 0 Å². The molecule has 0 heterocycles. The summed E-state index contributed by atoms with van der Waals surface area (Å²) in [5.41, 5.74) is 6.30. The van der Waals surface area contributed by atoms with Crippen LogP contribution in [0.5, 0.6) is 0 Å². The Morgan fingerprint density at radius 2 is 1.89 bits per heavy atom. The van der Waals surface area contributed by atoms with Gasteiger partial charge in [0, 0.05) is 18.6 Å². The zero-order valence-corrected chi connectivity index (χ0v) is 11.6. The van der Waals surface area contributed by atoms with Crippen LogP contribution in [-0.2, 0) is 4.79 Å². The molecule has 1 amide bonds. The summed E-state index contributed by atoms with van der Waals surface area (Å²) in [7, 11) is 0. The minimum absolute atomic E-state index is 0.130. The van der Waals surface area contributed by atoms with E-state index in [1.54, 1.807) is 0 Å². The van der Waals surface area contributed by atoms with Crippen molar-refractivity contribution in [2.24, 2.45) is 29.4 Å². The second kappa shape index (κ2) is 4.52. The molecule has 0 aromatic rings.